The van der Waals surface area contributed by atoms with Gasteiger partial charge in [0.1, 0.15) is 5.65 Å². The first-order valence-electron chi connectivity index (χ1n) is 5.15. The second-order valence-corrected chi connectivity index (χ2v) is 3.90. The number of hydrogen-bond acceptors (Lipinski definition) is 2. The molecule has 0 saturated heterocycles. The summed E-state index contributed by atoms with van der Waals surface area (Å²) in [4.78, 5) is 12.1. The van der Waals surface area contributed by atoms with Crippen LogP contribution < -0.4 is 0 Å². The van der Waals surface area contributed by atoms with Gasteiger partial charge >= 0.3 is 0 Å². The molecule has 0 radical (unpaired) electrons. The second kappa shape index (κ2) is 3.17. The highest BCUT2D eigenvalue weighted by Gasteiger charge is 2.06. The average Bonchev–Trinajstić information content (AvgIpc) is 2.66. The molecule has 0 aliphatic heterocycles. The van der Waals surface area contributed by atoms with Crippen molar-refractivity contribution in [2.75, 3.05) is 0 Å². The molecular formula is C13H11N3. The summed E-state index contributed by atoms with van der Waals surface area (Å²) in [5, 5.41) is 1.06. The SMILES string of the molecule is C=C(C)c1ccc2[nH]c3ncccc3c2n1. The van der Waals surface area contributed by atoms with Gasteiger partial charge in [-0.15, -0.1) is 0 Å². The molecule has 3 aromatic heterocycles. The predicted octanol–water partition coefficient (Wildman–Crippen LogP) is 3.14. The van der Waals surface area contributed by atoms with Crippen molar-refractivity contribution < 1.29 is 0 Å². The normalized spacial score (nSPS) is 11.1. The Bertz CT molecular complexity index is 695. The zero-order valence-electron chi connectivity index (χ0n) is 8.99. The highest BCUT2D eigenvalue weighted by atomic mass is 14.9. The third-order valence-corrected chi connectivity index (χ3v) is 2.65. The van der Waals surface area contributed by atoms with Crippen molar-refractivity contribution in [1.82, 2.24) is 15.0 Å². The summed E-state index contributed by atoms with van der Waals surface area (Å²) >= 11 is 0. The molecule has 16 heavy (non-hydrogen) atoms. The van der Waals surface area contributed by atoms with E-state index < -0.39 is 0 Å². The minimum atomic E-state index is 0.879. The molecule has 0 bridgehead atoms. The molecule has 0 spiro atoms. The zero-order valence-corrected chi connectivity index (χ0v) is 8.99. The van der Waals surface area contributed by atoms with Gasteiger partial charge in [0, 0.05) is 11.6 Å². The maximum absolute atomic E-state index is 4.59. The van der Waals surface area contributed by atoms with Crippen LogP contribution in [0.1, 0.15) is 12.6 Å². The number of allylic oxidation sites excluding steroid dienone is 1. The third kappa shape index (κ3) is 1.21. The Hall–Kier alpha value is -2.16. The molecule has 0 fully saturated rings. The van der Waals surface area contributed by atoms with E-state index in [9.17, 15) is 0 Å². The minimum absolute atomic E-state index is 0.879. The Morgan fingerprint density at radius 1 is 1.31 bits per heavy atom. The Labute approximate surface area is 92.8 Å². The number of aromatic amines is 1. The molecule has 1 N–H and O–H groups in total. The van der Waals surface area contributed by atoms with Crippen LogP contribution in [0.5, 0.6) is 0 Å². The van der Waals surface area contributed by atoms with Crippen LogP contribution in [0.25, 0.3) is 27.6 Å². The van der Waals surface area contributed by atoms with Gasteiger partial charge in [-0.1, -0.05) is 6.58 Å². The van der Waals surface area contributed by atoms with Crippen molar-refractivity contribution in [2.45, 2.75) is 6.92 Å². The lowest BCUT2D eigenvalue weighted by molar-refractivity contribution is 1.33. The van der Waals surface area contributed by atoms with Crippen LogP contribution in [0.15, 0.2) is 37.0 Å². The van der Waals surface area contributed by atoms with E-state index in [1.165, 1.54) is 0 Å². The van der Waals surface area contributed by atoms with Crippen LogP contribution in [0.3, 0.4) is 0 Å². The molecule has 0 atom stereocenters. The Kier molecular flexibility index (Phi) is 1.80. The number of aromatic nitrogens is 3. The molecule has 0 aliphatic carbocycles. The highest BCUT2D eigenvalue weighted by molar-refractivity contribution is 6.03. The molecule has 3 heterocycles. The molecule has 3 heteroatoms. The fraction of sp³-hybridized carbons (Fsp3) is 0.0769. The van der Waals surface area contributed by atoms with Gasteiger partial charge in [-0.3, -0.25) is 0 Å². The van der Waals surface area contributed by atoms with E-state index in [1.54, 1.807) is 6.20 Å². The van der Waals surface area contributed by atoms with Gasteiger partial charge in [0.05, 0.1) is 16.7 Å². The lowest BCUT2D eigenvalue weighted by Gasteiger charge is -1.98. The zero-order chi connectivity index (χ0) is 11.1. The molecule has 3 rings (SSSR count). The summed E-state index contributed by atoms with van der Waals surface area (Å²) in [6.45, 7) is 5.87. The van der Waals surface area contributed by atoms with Crippen molar-refractivity contribution in [3.8, 4) is 0 Å². The van der Waals surface area contributed by atoms with E-state index in [4.69, 9.17) is 0 Å². The van der Waals surface area contributed by atoms with E-state index in [0.29, 0.717) is 0 Å². The highest BCUT2D eigenvalue weighted by Crippen LogP contribution is 2.23. The number of rotatable bonds is 1. The van der Waals surface area contributed by atoms with Crippen LogP contribution in [0, 0.1) is 0 Å². The van der Waals surface area contributed by atoms with Gasteiger partial charge < -0.3 is 4.98 Å². The number of pyridine rings is 2. The predicted molar refractivity (Wildman–Crippen MR) is 66.1 cm³/mol. The van der Waals surface area contributed by atoms with Gasteiger partial charge in [0.15, 0.2) is 0 Å². The van der Waals surface area contributed by atoms with Crippen molar-refractivity contribution in [2.24, 2.45) is 0 Å². The lowest BCUT2D eigenvalue weighted by atomic mass is 10.2. The van der Waals surface area contributed by atoms with Crippen LogP contribution >= 0.6 is 0 Å². The fourth-order valence-electron chi connectivity index (χ4n) is 1.83. The van der Waals surface area contributed by atoms with Gasteiger partial charge in [-0.25, -0.2) is 9.97 Å². The Morgan fingerprint density at radius 2 is 2.19 bits per heavy atom. The Morgan fingerprint density at radius 3 is 3.00 bits per heavy atom. The van der Waals surface area contributed by atoms with Crippen LogP contribution in [0.2, 0.25) is 0 Å². The maximum atomic E-state index is 4.59. The van der Waals surface area contributed by atoms with Gasteiger partial charge in [0.2, 0.25) is 0 Å². The number of nitrogens with one attached hydrogen (secondary N) is 1. The number of fused-ring (bicyclic) bond motifs is 3. The van der Waals surface area contributed by atoms with Gasteiger partial charge in [-0.2, -0.15) is 0 Å². The molecule has 3 nitrogen and oxygen atoms in total. The van der Waals surface area contributed by atoms with Crippen molar-refractivity contribution in [3.63, 3.8) is 0 Å². The molecule has 0 amide bonds. The van der Waals surface area contributed by atoms with Gasteiger partial charge in [0.25, 0.3) is 0 Å². The first-order chi connectivity index (χ1) is 7.75. The van der Waals surface area contributed by atoms with E-state index in [-0.39, 0.29) is 0 Å². The molecule has 0 unspecified atom stereocenters. The lowest BCUT2D eigenvalue weighted by Crippen LogP contribution is -1.84. The van der Waals surface area contributed by atoms with Crippen LogP contribution in [0.4, 0.5) is 0 Å². The monoisotopic (exact) mass is 209 g/mol. The van der Waals surface area contributed by atoms with E-state index in [2.05, 4.69) is 21.5 Å². The summed E-state index contributed by atoms with van der Waals surface area (Å²) < 4.78 is 0. The summed E-state index contributed by atoms with van der Waals surface area (Å²) in [5.41, 5.74) is 4.75. The number of hydrogen-bond donors (Lipinski definition) is 1. The first kappa shape index (κ1) is 9.09. The first-order valence-corrected chi connectivity index (χ1v) is 5.15. The summed E-state index contributed by atoms with van der Waals surface area (Å²) in [7, 11) is 0. The van der Waals surface area contributed by atoms with E-state index in [1.807, 2.05) is 31.2 Å². The smallest absolute Gasteiger partial charge is 0.139 e. The standard InChI is InChI=1S/C13H11N3/c1-8(2)10-5-6-11-12(15-10)9-4-3-7-14-13(9)16-11/h3-7H,1H2,2H3,(H,14,16). The van der Waals surface area contributed by atoms with Crippen molar-refractivity contribution >= 4 is 27.6 Å². The van der Waals surface area contributed by atoms with E-state index in [0.717, 1.165) is 33.3 Å². The molecule has 0 aromatic carbocycles. The fourth-order valence-corrected chi connectivity index (χ4v) is 1.83. The summed E-state index contributed by atoms with van der Waals surface area (Å²) in [6, 6.07) is 7.94. The molecule has 0 saturated carbocycles. The molecule has 0 aliphatic rings. The molecular weight excluding hydrogens is 198 g/mol. The topological polar surface area (TPSA) is 41.6 Å². The maximum Gasteiger partial charge on any atom is 0.139 e. The molecule has 78 valence electrons. The van der Waals surface area contributed by atoms with Gasteiger partial charge in [-0.05, 0) is 36.8 Å². The number of H-pyrrole nitrogens is 1. The van der Waals surface area contributed by atoms with Crippen molar-refractivity contribution in [1.29, 1.82) is 0 Å². The van der Waals surface area contributed by atoms with E-state index >= 15 is 0 Å². The summed E-state index contributed by atoms with van der Waals surface area (Å²) in [6.07, 6.45) is 1.78. The largest absolute Gasteiger partial charge is 0.338 e. The van der Waals surface area contributed by atoms with Crippen LogP contribution in [-0.4, -0.2) is 15.0 Å². The Balaban J connectivity index is 2.44. The second-order valence-electron chi connectivity index (χ2n) is 3.90. The minimum Gasteiger partial charge on any atom is -0.338 e. The number of nitrogens with zero attached hydrogens (tertiary/aromatic N) is 2. The molecule has 3 aromatic rings. The van der Waals surface area contributed by atoms with Crippen LogP contribution in [-0.2, 0) is 0 Å². The quantitative estimate of drug-likeness (QED) is 0.669. The summed E-state index contributed by atoms with van der Waals surface area (Å²) in [5.74, 6) is 0. The average molecular weight is 209 g/mol. The third-order valence-electron chi connectivity index (χ3n) is 2.65. The van der Waals surface area contributed by atoms with Crippen molar-refractivity contribution in [3.05, 3.63) is 42.7 Å².